The first-order chi connectivity index (χ1) is 10.5. The summed E-state index contributed by atoms with van der Waals surface area (Å²) < 4.78 is 29.5. The molecule has 0 aromatic rings. The molecule has 0 saturated carbocycles. The van der Waals surface area contributed by atoms with Crippen molar-refractivity contribution in [3.05, 3.63) is 0 Å². The molecule has 1 saturated heterocycles. The highest BCUT2D eigenvalue weighted by Gasteiger charge is 2.24. The van der Waals surface area contributed by atoms with Crippen molar-refractivity contribution < 1.29 is 13.2 Å². The number of sulfonamides is 1. The van der Waals surface area contributed by atoms with Gasteiger partial charge in [-0.05, 0) is 32.1 Å². The van der Waals surface area contributed by atoms with Crippen molar-refractivity contribution in [1.29, 1.82) is 0 Å². The van der Waals surface area contributed by atoms with Crippen molar-refractivity contribution in [1.82, 2.24) is 14.9 Å². The zero-order valence-corrected chi connectivity index (χ0v) is 14.8. The SMILES string of the molecule is CCNC(=NCC1CCN(S(C)(=O)=O)CC1)NCCCOC. The number of aliphatic imine (C=N–C) groups is 1. The van der Waals surface area contributed by atoms with Gasteiger partial charge in [0, 0.05) is 46.4 Å². The second kappa shape index (κ2) is 10.0. The zero-order valence-electron chi connectivity index (χ0n) is 14.0. The Morgan fingerprint density at radius 2 is 2.00 bits per heavy atom. The summed E-state index contributed by atoms with van der Waals surface area (Å²) in [4.78, 5) is 4.61. The summed E-state index contributed by atoms with van der Waals surface area (Å²) in [6.07, 6.45) is 3.96. The Hall–Kier alpha value is -0.860. The molecule has 0 amide bonds. The van der Waals surface area contributed by atoms with Crippen molar-refractivity contribution in [2.24, 2.45) is 10.9 Å². The molecule has 130 valence electrons. The van der Waals surface area contributed by atoms with Crippen LogP contribution in [-0.2, 0) is 14.8 Å². The number of piperidine rings is 1. The monoisotopic (exact) mass is 334 g/mol. The van der Waals surface area contributed by atoms with Gasteiger partial charge in [0.15, 0.2) is 5.96 Å². The smallest absolute Gasteiger partial charge is 0.211 e. The van der Waals surface area contributed by atoms with Crippen LogP contribution in [0.25, 0.3) is 0 Å². The molecule has 0 spiro atoms. The fourth-order valence-electron chi connectivity index (χ4n) is 2.41. The quantitative estimate of drug-likeness (QED) is 0.378. The molecule has 0 aliphatic carbocycles. The van der Waals surface area contributed by atoms with E-state index < -0.39 is 10.0 Å². The number of hydrogen-bond donors (Lipinski definition) is 2. The van der Waals surface area contributed by atoms with E-state index in [1.807, 2.05) is 6.92 Å². The minimum absolute atomic E-state index is 0.451. The first kappa shape index (κ1) is 19.2. The molecule has 0 radical (unpaired) electrons. The molecule has 7 nitrogen and oxygen atoms in total. The van der Waals surface area contributed by atoms with Gasteiger partial charge in [-0.15, -0.1) is 0 Å². The standard InChI is InChI=1S/C14H30N4O3S/c1-4-15-14(16-8-5-11-21-2)17-12-13-6-9-18(10-7-13)22(3,19)20/h13H,4-12H2,1-3H3,(H2,15,16,17). The molecule has 1 rings (SSSR count). The molecule has 0 unspecified atom stereocenters. The summed E-state index contributed by atoms with van der Waals surface area (Å²) in [5, 5.41) is 6.50. The Labute approximate surface area is 134 Å². The number of ether oxygens (including phenoxy) is 1. The molecule has 1 heterocycles. The maximum absolute atomic E-state index is 11.5. The maximum atomic E-state index is 11.5. The molecule has 0 bridgehead atoms. The summed E-state index contributed by atoms with van der Waals surface area (Å²) in [7, 11) is -1.35. The lowest BCUT2D eigenvalue weighted by molar-refractivity contribution is 0.195. The van der Waals surface area contributed by atoms with Crippen LogP contribution in [-0.4, -0.2) is 71.4 Å². The van der Waals surface area contributed by atoms with Crippen LogP contribution in [0.3, 0.4) is 0 Å². The van der Waals surface area contributed by atoms with E-state index in [4.69, 9.17) is 4.74 Å². The average Bonchev–Trinajstić information content (AvgIpc) is 2.48. The van der Waals surface area contributed by atoms with Crippen molar-refractivity contribution >= 4 is 16.0 Å². The predicted octanol–water partition coefficient (Wildman–Crippen LogP) is 0.250. The Morgan fingerprint density at radius 3 is 2.55 bits per heavy atom. The number of nitrogens with zero attached hydrogens (tertiary/aromatic N) is 2. The van der Waals surface area contributed by atoms with Crippen LogP contribution in [0.5, 0.6) is 0 Å². The van der Waals surface area contributed by atoms with Crippen molar-refractivity contribution in [2.45, 2.75) is 26.2 Å². The molecule has 8 heteroatoms. The van der Waals surface area contributed by atoms with E-state index in [2.05, 4.69) is 15.6 Å². The van der Waals surface area contributed by atoms with E-state index in [1.165, 1.54) is 6.26 Å². The Bertz CT molecular complexity index is 431. The molecule has 1 fully saturated rings. The Kier molecular flexibility index (Phi) is 8.74. The summed E-state index contributed by atoms with van der Waals surface area (Å²) in [6, 6.07) is 0. The fourth-order valence-corrected chi connectivity index (χ4v) is 3.28. The van der Waals surface area contributed by atoms with E-state index >= 15 is 0 Å². The van der Waals surface area contributed by atoms with Gasteiger partial charge < -0.3 is 15.4 Å². The Morgan fingerprint density at radius 1 is 1.32 bits per heavy atom. The first-order valence-corrected chi connectivity index (χ1v) is 9.78. The first-order valence-electron chi connectivity index (χ1n) is 7.93. The lowest BCUT2D eigenvalue weighted by Crippen LogP contribution is -2.40. The van der Waals surface area contributed by atoms with E-state index in [-0.39, 0.29) is 0 Å². The minimum atomic E-state index is -3.05. The topological polar surface area (TPSA) is 83.0 Å². The predicted molar refractivity (Wildman–Crippen MR) is 89.6 cm³/mol. The lowest BCUT2D eigenvalue weighted by atomic mass is 9.98. The Balaban J connectivity index is 2.37. The second-order valence-electron chi connectivity index (χ2n) is 5.60. The third kappa shape index (κ3) is 7.42. The molecule has 1 aliphatic rings. The van der Waals surface area contributed by atoms with Crippen molar-refractivity contribution in [3.8, 4) is 0 Å². The number of rotatable bonds is 8. The summed E-state index contributed by atoms with van der Waals surface area (Å²) in [6.45, 7) is 6.37. The third-order valence-corrected chi connectivity index (χ3v) is 5.02. The van der Waals surface area contributed by atoms with E-state index in [0.29, 0.717) is 19.0 Å². The highest BCUT2D eigenvalue weighted by atomic mass is 32.2. The molecule has 22 heavy (non-hydrogen) atoms. The van der Waals surface area contributed by atoms with Gasteiger partial charge in [0.1, 0.15) is 0 Å². The molecule has 2 N–H and O–H groups in total. The zero-order chi connectivity index (χ0) is 16.4. The molecule has 0 atom stereocenters. The number of hydrogen-bond acceptors (Lipinski definition) is 4. The van der Waals surface area contributed by atoms with Gasteiger partial charge in [0.2, 0.25) is 10.0 Å². The van der Waals surface area contributed by atoms with Crippen molar-refractivity contribution in [3.63, 3.8) is 0 Å². The normalized spacial score (nSPS) is 18.4. The van der Waals surface area contributed by atoms with Gasteiger partial charge in [-0.25, -0.2) is 12.7 Å². The van der Waals surface area contributed by atoms with Crippen molar-refractivity contribution in [2.75, 3.05) is 52.7 Å². The number of nitrogens with one attached hydrogen (secondary N) is 2. The van der Waals surface area contributed by atoms with E-state index in [9.17, 15) is 8.42 Å². The highest BCUT2D eigenvalue weighted by Crippen LogP contribution is 2.19. The van der Waals surface area contributed by atoms with Crippen LogP contribution in [0.15, 0.2) is 4.99 Å². The third-order valence-electron chi connectivity index (χ3n) is 3.71. The van der Waals surface area contributed by atoms with Gasteiger partial charge in [-0.2, -0.15) is 0 Å². The van der Waals surface area contributed by atoms with Crippen LogP contribution in [0.2, 0.25) is 0 Å². The van der Waals surface area contributed by atoms with Gasteiger partial charge >= 0.3 is 0 Å². The summed E-state index contributed by atoms with van der Waals surface area (Å²) in [5.41, 5.74) is 0. The highest BCUT2D eigenvalue weighted by molar-refractivity contribution is 7.88. The number of guanidine groups is 1. The van der Waals surface area contributed by atoms with Crippen LogP contribution in [0.4, 0.5) is 0 Å². The van der Waals surface area contributed by atoms with Gasteiger partial charge in [-0.3, -0.25) is 4.99 Å². The van der Waals surface area contributed by atoms with Crippen LogP contribution >= 0.6 is 0 Å². The van der Waals surface area contributed by atoms with E-state index in [1.54, 1.807) is 11.4 Å². The van der Waals surface area contributed by atoms with Crippen LogP contribution < -0.4 is 10.6 Å². The lowest BCUT2D eigenvalue weighted by Gasteiger charge is -2.29. The maximum Gasteiger partial charge on any atom is 0.211 e. The average molecular weight is 334 g/mol. The summed E-state index contributed by atoms with van der Waals surface area (Å²) in [5.74, 6) is 1.27. The largest absolute Gasteiger partial charge is 0.385 e. The fraction of sp³-hybridized carbons (Fsp3) is 0.929. The van der Waals surface area contributed by atoms with Gasteiger partial charge in [-0.1, -0.05) is 0 Å². The molecule has 0 aromatic heterocycles. The molecular formula is C14H30N4O3S. The minimum Gasteiger partial charge on any atom is -0.385 e. The number of methoxy groups -OCH3 is 1. The molecule has 1 aliphatic heterocycles. The van der Waals surface area contributed by atoms with Crippen LogP contribution in [0.1, 0.15) is 26.2 Å². The summed E-state index contributed by atoms with van der Waals surface area (Å²) >= 11 is 0. The van der Waals surface area contributed by atoms with Crippen LogP contribution in [0, 0.1) is 5.92 Å². The molecular weight excluding hydrogens is 304 g/mol. The van der Waals surface area contributed by atoms with E-state index in [0.717, 1.165) is 51.5 Å². The second-order valence-corrected chi connectivity index (χ2v) is 7.58. The van der Waals surface area contributed by atoms with Gasteiger partial charge in [0.25, 0.3) is 0 Å². The molecule has 0 aromatic carbocycles. The van der Waals surface area contributed by atoms with Gasteiger partial charge in [0.05, 0.1) is 6.26 Å².